The maximum absolute atomic E-state index is 11.9. The van der Waals surface area contributed by atoms with Gasteiger partial charge in [0.25, 0.3) is 0 Å². The van der Waals surface area contributed by atoms with Gasteiger partial charge < -0.3 is 13.6 Å². The third-order valence-corrected chi connectivity index (χ3v) is 4.19. The largest absolute Gasteiger partial charge is 0.497 e. The first-order valence-electron chi connectivity index (χ1n) is 6.95. The van der Waals surface area contributed by atoms with Crippen LogP contribution in [0, 0.1) is 0 Å². The van der Waals surface area contributed by atoms with Crippen molar-refractivity contribution in [3.05, 3.63) is 63.4 Å². The van der Waals surface area contributed by atoms with Crippen LogP contribution in [0.25, 0.3) is 33.3 Å². The topological polar surface area (TPSA) is 52.6 Å². The minimum Gasteiger partial charge on any atom is -0.497 e. The predicted molar refractivity (Wildman–Crippen MR) is 91.9 cm³/mol. The Morgan fingerprint density at radius 1 is 0.957 bits per heavy atom. The predicted octanol–water partition coefficient (Wildman–Crippen LogP) is 4.98. The second kappa shape index (κ2) is 5.28. The quantitative estimate of drug-likeness (QED) is 0.467. The summed E-state index contributed by atoms with van der Waals surface area (Å²) in [7, 11) is 1.60. The molecule has 0 N–H and O–H groups in total. The Hall–Kier alpha value is -2.53. The van der Waals surface area contributed by atoms with Crippen LogP contribution in [-0.2, 0) is 0 Å². The van der Waals surface area contributed by atoms with E-state index >= 15 is 0 Å². The number of hydrogen-bond donors (Lipinski definition) is 0. The van der Waals surface area contributed by atoms with Crippen LogP contribution < -0.4 is 10.4 Å². The van der Waals surface area contributed by atoms with Crippen molar-refractivity contribution in [2.45, 2.75) is 0 Å². The molecule has 5 heteroatoms. The summed E-state index contributed by atoms with van der Waals surface area (Å²) < 4.78 is 17.4. The standard InChI is InChI=1S/C18H11BrO4/c1-21-12-3-5-16-13(8-12)14(9-18(20)23-16)17-7-10-6-11(19)2-4-15(10)22-17/h2-9H,1H3. The average Bonchev–Trinajstić information content (AvgIpc) is 2.96. The van der Waals surface area contributed by atoms with E-state index in [2.05, 4.69) is 15.9 Å². The van der Waals surface area contributed by atoms with E-state index in [0.29, 0.717) is 22.7 Å². The van der Waals surface area contributed by atoms with Crippen molar-refractivity contribution in [2.24, 2.45) is 0 Å². The molecule has 0 spiro atoms. The molecule has 23 heavy (non-hydrogen) atoms. The van der Waals surface area contributed by atoms with Crippen LogP contribution in [0.15, 0.2) is 66.6 Å². The summed E-state index contributed by atoms with van der Waals surface area (Å²) >= 11 is 3.44. The Morgan fingerprint density at radius 3 is 2.61 bits per heavy atom. The van der Waals surface area contributed by atoms with Gasteiger partial charge in [0, 0.05) is 26.9 Å². The zero-order chi connectivity index (χ0) is 16.0. The number of ether oxygens (including phenoxy) is 1. The third-order valence-electron chi connectivity index (χ3n) is 3.69. The number of hydrogen-bond acceptors (Lipinski definition) is 4. The molecule has 4 rings (SSSR count). The van der Waals surface area contributed by atoms with Gasteiger partial charge in [-0.2, -0.15) is 0 Å². The lowest BCUT2D eigenvalue weighted by molar-refractivity contribution is 0.415. The van der Waals surface area contributed by atoms with Gasteiger partial charge in [-0.3, -0.25) is 0 Å². The minimum atomic E-state index is -0.417. The van der Waals surface area contributed by atoms with Gasteiger partial charge in [0.15, 0.2) is 0 Å². The van der Waals surface area contributed by atoms with Crippen molar-refractivity contribution in [2.75, 3.05) is 7.11 Å². The van der Waals surface area contributed by atoms with Gasteiger partial charge in [-0.1, -0.05) is 15.9 Å². The van der Waals surface area contributed by atoms with Crippen LogP contribution in [0.3, 0.4) is 0 Å². The summed E-state index contributed by atoms with van der Waals surface area (Å²) in [6.45, 7) is 0. The zero-order valence-corrected chi connectivity index (χ0v) is 13.7. The third kappa shape index (κ3) is 2.43. The van der Waals surface area contributed by atoms with Gasteiger partial charge in [0.05, 0.1) is 7.11 Å². The fourth-order valence-corrected chi connectivity index (χ4v) is 3.00. The lowest BCUT2D eigenvalue weighted by atomic mass is 10.1. The van der Waals surface area contributed by atoms with Crippen molar-refractivity contribution in [3.8, 4) is 17.1 Å². The number of furan rings is 1. The highest BCUT2D eigenvalue weighted by atomic mass is 79.9. The van der Waals surface area contributed by atoms with E-state index in [1.807, 2.05) is 30.3 Å². The minimum absolute atomic E-state index is 0.417. The summed E-state index contributed by atoms with van der Waals surface area (Å²) in [4.78, 5) is 11.9. The highest BCUT2D eigenvalue weighted by molar-refractivity contribution is 9.10. The van der Waals surface area contributed by atoms with E-state index in [9.17, 15) is 4.79 Å². The molecule has 0 aliphatic rings. The number of halogens is 1. The van der Waals surface area contributed by atoms with Crippen molar-refractivity contribution in [1.82, 2.24) is 0 Å². The van der Waals surface area contributed by atoms with Crippen LogP contribution in [0.5, 0.6) is 5.75 Å². The smallest absolute Gasteiger partial charge is 0.336 e. The van der Waals surface area contributed by atoms with Gasteiger partial charge in [-0.05, 0) is 42.5 Å². The molecule has 0 amide bonds. The Morgan fingerprint density at radius 2 is 1.78 bits per heavy atom. The zero-order valence-electron chi connectivity index (χ0n) is 12.1. The Labute approximate surface area is 139 Å². The molecule has 0 unspecified atom stereocenters. The molecule has 114 valence electrons. The first kappa shape index (κ1) is 14.1. The van der Waals surface area contributed by atoms with E-state index in [-0.39, 0.29) is 0 Å². The molecule has 0 aliphatic carbocycles. The highest BCUT2D eigenvalue weighted by Crippen LogP contribution is 2.34. The number of fused-ring (bicyclic) bond motifs is 2. The van der Waals surface area contributed by atoms with E-state index in [1.54, 1.807) is 19.2 Å². The molecule has 2 aromatic carbocycles. The normalized spacial score (nSPS) is 11.2. The van der Waals surface area contributed by atoms with Crippen LogP contribution in [0.1, 0.15) is 0 Å². The molecule has 0 aliphatic heterocycles. The fourth-order valence-electron chi connectivity index (χ4n) is 2.62. The maximum atomic E-state index is 11.9. The molecule has 2 heterocycles. The van der Waals surface area contributed by atoms with Crippen LogP contribution in [0.4, 0.5) is 0 Å². The van der Waals surface area contributed by atoms with Crippen molar-refractivity contribution in [3.63, 3.8) is 0 Å². The van der Waals surface area contributed by atoms with Gasteiger partial charge >= 0.3 is 5.63 Å². The van der Waals surface area contributed by atoms with Crippen LogP contribution in [-0.4, -0.2) is 7.11 Å². The molecule has 0 saturated carbocycles. The van der Waals surface area contributed by atoms with E-state index < -0.39 is 5.63 Å². The molecule has 2 aromatic heterocycles. The van der Waals surface area contributed by atoms with Gasteiger partial charge in [0.2, 0.25) is 0 Å². The monoisotopic (exact) mass is 370 g/mol. The molecule has 4 nitrogen and oxygen atoms in total. The lowest BCUT2D eigenvalue weighted by Crippen LogP contribution is -1.98. The number of methoxy groups -OCH3 is 1. The van der Waals surface area contributed by atoms with Crippen molar-refractivity contribution in [1.29, 1.82) is 0 Å². The Bertz CT molecular complexity index is 1090. The molecule has 4 aromatic rings. The average molecular weight is 371 g/mol. The van der Waals surface area contributed by atoms with Crippen LogP contribution in [0.2, 0.25) is 0 Å². The molecule has 0 bridgehead atoms. The second-order valence-corrected chi connectivity index (χ2v) is 6.05. The number of rotatable bonds is 2. The first-order valence-corrected chi connectivity index (χ1v) is 7.75. The lowest BCUT2D eigenvalue weighted by Gasteiger charge is -2.05. The van der Waals surface area contributed by atoms with E-state index in [4.69, 9.17) is 13.6 Å². The van der Waals surface area contributed by atoms with Gasteiger partial charge in [0.1, 0.15) is 22.7 Å². The Kier molecular flexibility index (Phi) is 3.23. The summed E-state index contributed by atoms with van der Waals surface area (Å²) in [5, 5.41) is 1.72. The maximum Gasteiger partial charge on any atom is 0.336 e. The Balaban J connectivity index is 2.03. The summed E-state index contributed by atoms with van der Waals surface area (Å²) in [6.07, 6.45) is 0. The second-order valence-electron chi connectivity index (χ2n) is 5.13. The molecule has 0 saturated heterocycles. The van der Waals surface area contributed by atoms with Gasteiger partial charge in [-0.25, -0.2) is 4.79 Å². The summed E-state index contributed by atoms with van der Waals surface area (Å²) in [5.74, 6) is 1.30. The summed E-state index contributed by atoms with van der Waals surface area (Å²) in [6, 6.07) is 14.4. The number of benzene rings is 2. The molecular formula is C18H11BrO4. The van der Waals surface area contributed by atoms with Crippen molar-refractivity contribution >= 4 is 37.9 Å². The van der Waals surface area contributed by atoms with E-state index in [0.717, 1.165) is 20.8 Å². The first-order chi connectivity index (χ1) is 11.1. The van der Waals surface area contributed by atoms with Crippen LogP contribution >= 0.6 is 15.9 Å². The fraction of sp³-hybridized carbons (Fsp3) is 0.0556. The van der Waals surface area contributed by atoms with E-state index in [1.165, 1.54) is 6.07 Å². The van der Waals surface area contributed by atoms with Gasteiger partial charge in [-0.15, -0.1) is 0 Å². The highest BCUT2D eigenvalue weighted by Gasteiger charge is 2.13. The molecular weight excluding hydrogens is 360 g/mol. The van der Waals surface area contributed by atoms with Crippen molar-refractivity contribution < 1.29 is 13.6 Å². The molecule has 0 atom stereocenters. The molecule has 0 fully saturated rings. The summed E-state index contributed by atoms with van der Waals surface area (Å²) in [5.41, 5.74) is 1.52. The molecule has 0 radical (unpaired) electrons. The SMILES string of the molecule is COc1ccc2oc(=O)cc(-c3cc4cc(Br)ccc4o3)c2c1.